The normalized spacial score (nSPS) is 23.5. The Morgan fingerprint density at radius 3 is 2.39 bits per heavy atom. The molecular formula is C17H32N6. The van der Waals surface area contributed by atoms with Gasteiger partial charge in [-0.2, -0.15) is 0 Å². The van der Waals surface area contributed by atoms with E-state index in [4.69, 9.17) is 0 Å². The molecule has 0 radical (unpaired) electrons. The summed E-state index contributed by atoms with van der Waals surface area (Å²) in [6, 6.07) is 0.872. The van der Waals surface area contributed by atoms with Gasteiger partial charge in [0.1, 0.15) is 0 Å². The molecule has 0 amide bonds. The Morgan fingerprint density at radius 2 is 1.74 bits per heavy atom. The third-order valence-electron chi connectivity index (χ3n) is 5.41. The summed E-state index contributed by atoms with van der Waals surface area (Å²) in [7, 11) is 2.21. The predicted octanol–water partition coefficient (Wildman–Crippen LogP) is 2.51. The lowest BCUT2D eigenvalue weighted by molar-refractivity contribution is 0.0911. The molecule has 2 fully saturated rings. The summed E-state index contributed by atoms with van der Waals surface area (Å²) >= 11 is 0. The largest absolute Gasteiger partial charge is 0.304 e. The Balaban J connectivity index is 1.80. The van der Waals surface area contributed by atoms with Crippen LogP contribution in [0.15, 0.2) is 0 Å². The van der Waals surface area contributed by atoms with Gasteiger partial charge in [0, 0.05) is 26.2 Å². The average Bonchev–Trinajstić information content (AvgIpc) is 3.03. The van der Waals surface area contributed by atoms with Crippen molar-refractivity contribution in [2.45, 2.75) is 64.5 Å². The van der Waals surface area contributed by atoms with Gasteiger partial charge in [0.05, 0.1) is 12.1 Å². The van der Waals surface area contributed by atoms with Gasteiger partial charge in [-0.3, -0.25) is 4.90 Å². The maximum Gasteiger partial charge on any atom is 0.168 e. The molecule has 1 aliphatic heterocycles. The van der Waals surface area contributed by atoms with E-state index in [1.165, 1.54) is 32.1 Å². The summed E-state index contributed by atoms with van der Waals surface area (Å²) in [5.41, 5.74) is 0. The third kappa shape index (κ3) is 4.10. The van der Waals surface area contributed by atoms with E-state index in [0.29, 0.717) is 18.0 Å². The summed E-state index contributed by atoms with van der Waals surface area (Å²) in [6.07, 6.45) is 7.59. The van der Waals surface area contributed by atoms with E-state index in [2.05, 4.69) is 50.9 Å². The number of aromatic nitrogens is 4. The van der Waals surface area contributed by atoms with Crippen LogP contribution in [0.5, 0.6) is 0 Å². The highest BCUT2D eigenvalue weighted by Crippen LogP contribution is 2.33. The Kier molecular flexibility index (Phi) is 5.64. The lowest BCUT2D eigenvalue weighted by Gasteiger charge is -2.38. The topological polar surface area (TPSA) is 50.1 Å². The molecule has 2 heterocycles. The number of likely N-dealkylation sites (N-methyl/N-ethyl adjacent to an activating group) is 1. The maximum atomic E-state index is 4.49. The number of rotatable bonds is 5. The van der Waals surface area contributed by atoms with Crippen LogP contribution in [0.3, 0.4) is 0 Å². The van der Waals surface area contributed by atoms with Gasteiger partial charge < -0.3 is 4.90 Å². The first kappa shape index (κ1) is 16.8. The summed E-state index contributed by atoms with van der Waals surface area (Å²) in [6.45, 7) is 9.12. The van der Waals surface area contributed by atoms with Gasteiger partial charge in [0.15, 0.2) is 5.82 Å². The maximum absolute atomic E-state index is 4.49. The zero-order valence-electron chi connectivity index (χ0n) is 15.0. The zero-order valence-corrected chi connectivity index (χ0v) is 15.0. The highest BCUT2D eigenvalue weighted by atomic mass is 15.6. The van der Waals surface area contributed by atoms with E-state index in [0.717, 1.165) is 38.4 Å². The molecule has 1 unspecified atom stereocenters. The van der Waals surface area contributed by atoms with Crippen molar-refractivity contribution >= 4 is 0 Å². The molecule has 1 atom stereocenters. The van der Waals surface area contributed by atoms with E-state index in [1.807, 2.05) is 0 Å². The van der Waals surface area contributed by atoms with Crippen LogP contribution in [-0.4, -0.2) is 63.2 Å². The molecule has 3 rings (SSSR count). The van der Waals surface area contributed by atoms with Gasteiger partial charge in [0.25, 0.3) is 0 Å². The van der Waals surface area contributed by atoms with Crippen LogP contribution in [-0.2, 0) is 0 Å². The average molecular weight is 320 g/mol. The van der Waals surface area contributed by atoms with Crippen molar-refractivity contribution < 1.29 is 0 Å². The van der Waals surface area contributed by atoms with Gasteiger partial charge >= 0.3 is 0 Å². The second-order valence-corrected chi connectivity index (χ2v) is 7.76. The lowest BCUT2D eigenvalue weighted by Crippen LogP contribution is -2.46. The molecule has 6 nitrogen and oxygen atoms in total. The summed E-state index contributed by atoms with van der Waals surface area (Å²) in [4.78, 5) is 5.01. The van der Waals surface area contributed by atoms with Crippen molar-refractivity contribution in [3.8, 4) is 0 Å². The minimum Gasteiger partial charge on any atom is -0.304 e. The van der Waals surface area contributed by atoms with Crippen LogP contribution in [0.2, 0.25) is 0 Å². The van der Waals surface area contributed by atoms with E-state index in [9.17, 15) is 0 Å². The molecule has 0 spiro atoms. The Morgan fingerprint density at radius 1 is 1.04 bits per heavy atom. The van der Waals surface area contributed by atoms with Crippen molar-refractivity contribution in [2.24, 2.45) is 5.92 Å². The fourth-order valence-electron chi connectivity index (χ4n) is 4.00. The van der Waals surface area contributed by atoms with Crippen LogP contribution >= 0.6 is 0 Å². The fraction of sp³-hybridized carbons (Fsp3) is 0.941. The number of tetrazole rings is 1. The van der Waals surface area contributed by atoms with Gasteiger partial charge in [0.2, 0.25) is 0 Å². The molecule has 1 aromatic rings. The summed E-state index contributed by atoms with van der Waals surface area (Å²) in [5.74, 6) is 1.76. The second kappa shape index (κ2) is 7.71. The molecule has 1 aromatic heterocycles. The van der Waals surface area contributed by atoms with Crippen LogP contribution in [0.1, 0.15) is 70.3 Å². The monoisotopic (exact) mass is 320 g/mol. The molecule has 0 aromatic carbocycles. The Labute approximate surface area is 140 Å². The Bertz CT molecular complexity index is 471. The molecule has 2 aliphatic rings. The van der Waals surface area contributed by atoms with Crippen LogP contribution < -0.4 is 0 Å². The number of piperazine rings is 1. The quantitative estimate of drug-likeness (QED) is 0.834. The highest BCUT2D eigenvalue weighted by Gasteiger charge is 2.31. The predicted molar refractivity (Wildman–Crippen MR) is 91.2 cm³/mol. The number of hydrogen-bond donors (Lipinski definition) is 0. The standard InChI is InChI=1S/C17H32N6/c1-14(2)13-16(22-11-9-21(3)10-12-22)17-18-19-20-23(17)15-7-5-4-6-8-15/h14-16H,4-13H2,1-3H3. The smallest absolute Gasteiger partial charge is 0.168 e. The first-order valence-corrected chi connectivity index (χ1v) is 9.35. The minimum absolute atomic E-state index is 0.362. The van der Waals surface area contributed by atoms with Gasteiger partial charge in [-0.1, -0.05) is 33.1 Å². The molecule has 23 heavy (non-hydrogen) atoms. The molecule has 0 bridgehead atoms. The summed E-state index contributed by atoms with van der Waals surface area (Å²) < 4.78 is 2.17. The van der Waals surface area contributed by atoms with Crippen molar-refractivity contribution in [1.29, 1.82) is 0 Å². The van der Waals surface area contributed by atoms with Gasteiger partial charge in [-0.25, -0.2) is 4.68 Å². The van der Waals surface area contributed by atoms with Gasteiger partial charge in [-0.05, 0) is 42.7 Å². The molecule has 130 valence electrons. The van der Waals surface area contributed by atoms with E-state index >= 15 is 0 Å². The van der Waals surface area contributed by atoms with Crippen molar-refractivity contribution in [1.82, 2.24) is 30.0 Å². The fourth-order valence-corrected chi connectivity index (χ4v) is 4.00. The molecule has 1 saturated carbocycles. The SMILES string of the molecule is CC(C)CC(c1nnnn1C1CCCCC1)N1CCN(C)CC1. The molecule has 1 aliphatic carbocycles. The summed E-state index contributed by atoms with van der Waals surface area (Å²) in [5, 5.41) is 12.9. The van der Waals surface area contributed by atoms with Crippen LogP contribution in [0.25, 0.3) is 0 Å². The molecule has 0 N–H and O–H groups in total. The van der Waals surface area contributed by atoms with Crippen molar-refractivity contribution in [3.63, 3.8) is 0 Å². The van der Waals surface area contributed by atoms with Crippen LogP contribution in [0.4, 0.5) is 0 Å². The second-order valence-electron chi connectivity index (χ2n) is 7.76. The number of hydrogen-bond acceptors (Lipinski definition) is 5. The van der Waals surface area contributed by atoms with Crippen molar-refractivity contribution in [3.05, 3.63) is 5.82 Å². The molecular weight excluding hydrogens is 288 g/mol. The first-order valence-electron chi connectivity index (χ1n) is 9.35. The highest BCUT2D eigenvalue weighted by molar-refractivity contribution is 4.97. The minimum atomic E-state index is 0.362. The van der Waals surface area contributed by atoms with Crippen LogP contribution in [0, 0.1) is 5.92 Å². The zero-order chi connectivity index (χ0) is 16.2. The first-order chi connectivity index (χ1) is 11.1. The third-order valence-corrected chi connectivity index (χ3v) is 5.41. The van der Waals surface area contributed by atoms with E-state index in [-0.39, 0.29) is 0 Å². The molecule has 1 saturated heterocycles. The van der Waals surface area contributed by atoms with E-state index in [1.54, 1.807) is 0 Å². The van der Waals surface area contributed by atoms with Gasteiger partial charge in [-0.15, -0.1) is 5.10 Å². The molecule has 6 heteroatoms. The van der Waals surface area contributed by atoms with Crippen molar-refractivity contribution in [2.75, 3.05) is 33.2 Å². The Hall–Kier alpha value is -1.01. The van der Waals surface area contributed by atoms with E-state index < -0.39 is 0 Å². The number of nitrogens with zero attached hydrogens (tertiary/aromatic N) is 6. The lowest BCUT2D eigenvalue weighted by atomic mass is 9.94.